The van der Waals surface area contributed by atoms with Gasteiger partial charge in [-0.2, -0.15) is 5.26 Å². The lowest BCUT2D eigenvalue weighted by atomic mass is 9.97. The molecule has 3 nitrogen and oxygen atoms in total. The molecule has 4 aromatic rings. The molecule has 2 aromatic heterocycles. The fraction of sp³-hybridized carbons (Fsp3) is 0.273. The molecule has 0 saturated heterocycles. The Bertz CT molecular complexity index is 1140. The Morgan fingerprint density at radius 2 is 1.81 bits per heavy atom. The van der Waals surface area contributed by atoms with Gasteiger partial charge in [-0.3, -0.25) is 0 Å². The summed E-state index contributed by atoms with van der Waals surface area (Å²) in [5, 5.41) is 13.9. The number of hydrogen-bond acceptors (Lipinski definition) is 1. The van der Waals surface area contributed by atoms with Crippen molar-refractivity contribution in [2.45, 2.75) is 39.7 Å². The molecule has 0 saturated carbocycles. The van der Waals surface area contributed by atoms with E-state index in [0.717, 1.165) is 19.4 Å². The maximum absolute atomic E-state index is 8.67. The van der Waals surface area contributed by atoms with Gasteiger partial charge in [0.2, 0.25) is 0 Å². The van der Waals surface area contributed by atoms with Gasteiger partial charge < -0.3 is 17.4 Å². The lowest BCUT2D eigenvalue weighted by molar-refractivity contribution is -0.696. The summed E-state index contributed by atoms with van der Waals surface area (Å²) in [5.74, 6) is 0. The van der Waals surface area contributed by atoms with Gasteiger partial charge in [-0.05, 0) is 42.8 Å². The molecule has 0 radical (unpaired) electrons. The van der Waals surface area contributed by atoms with Gasteiger partial charge >= 0.3 is 0 Å². The van der Waals surface area contributed by atoms with Crippen LogP contribution in [-0.4, -0.2) is 4.98 Å². The fourth-order valence-corrected chi connectivity index (χ4v) is 3.88. The van der Waals surface area contributed by atoms with Crippen molar-refractivity contribution in [2.75, 3.05) is 0 Å². The Kier molecular flexibility index (Phi) is 5.15. The average Bonchev–Trinajstić information content (AvgIpc) is 3.03. The molecule has 0 aliphatic heterocycles. The highest BCUT2D eigenvalue weighted by molar-refractivity contribution is 6.16. The first-order valence-corrected chi connectivity index (χ1v) is 8.90. The summed E-state index contributed by atoms with van der Waals surface area (Å²) in [5.41, 5.74) is 5.08. The molecule has 0 amide bonds. The van der Waals surface area contributed by atoms with E-state index < -0.39 is 0 Å². The summed E-state index contributed by atoms with van der Waals surface area (Å²) in [6.45, 7) is 5.39. The van der Waals surface area contributed by atoms with Crippen LogP contribution in [0.2, 0.25) is 0 Å². The number of nitrogens with zero attached hydrogens (tertiary/aromatic N) is 2. The van der Waals surface area contributed by atoms with Crippen LogP contribution in [0.25, 0.3) is 32.6 Å². The predicted molar refractivity (Wildman–Crippen MR) is 102 cm³/mol. The van der Waals surface area contributed by atoms with E-state index in [1.165, 1.54) is 43.7 Å². The second-order valence-corrected chi connectivity index (χ2v) is 6.80. The molecular formula is C22H22ClN3. The van der Waals surface area contributed by atoms with E-state index in [1.54, 1.807) is 0 Å². The molecule has 4 heteroatoms. The number of aromatic amines is 1. The number of halogens is 1. The summed E-state index contributed by atoms with van der Waals surface area (Å²) in [4.78, 5) is 3.61. The van der Waals surface area contributed by atoms with Crippen molar-refractivity contribution < 1.29 is 17.0 Å². The Labute approximate surface area is 159 Å². The molecule has 2 aromatic carbocycles. The van der Waals surface area contributed by atoms with Crippen LogP contribution in [0.15, 0.2) is 42.7 Å². The molecule has 26 heavy (non-hydrogen) atoms. The van der Waals surface area contributed by atoms with Gasteiger partial charge in [0.25, 0.3) is 0 Å². The Balaban J connectivity index is 0.00000196. The van der Waals surface area contributed by atoms with E-state index in [2.05, 4.69) is 72.2 Å². The number of benzene rings is 2. The summed E-state index contributed by atoms with van der Waals surface area (Å²) >= 11 is 0. The van der Waals surface area contributed by atoms with Crippen LogP contribution in [0.3, 0.4) is 0 Å². The largest absolute Gasteiger partial charge is 1.00 e. The highest BCUT2D eigenvalue weighted by Crippen LogP contribution is 2.35. The van der Waals surface area contributed by atoms with Gasteiger partial charge in [0.05, 0.1) is 17.0 Å². The van der Waals surface area contributed by atoms with Crippen molar-refractivity contribution in [3.8, 4) is 6.07 Å². The monoisotopic (exact) mass is 363 g/mol. The third kappa shape index (κ3) is 2.91. The lowest BCUT2D eigenvalue weighted by Gasteiger charge is -2.08. The van der Waals surface area contributed by atoms with Crippen LogP contribution in [0, 0.1) is 25.2 Å². The number of unbranched alkanes of at least 4 members (excludes halogenated alkanes) is 2. The highest BCUT2D eigenvalue weighted by Gasteiger charge is 2.16. The van der Waals surface area contributed by atoms with Crippen LogP contribution < -0.4 is 17.0 Å². The van der Waals surface area contributed by atoms with E-state index in [4.69, 9.17) is 5.26 Å². The minimum Gasteiger partial charge on any atom is -1.00 e. The van der Waals surface area contributed by atoms with Gasteiger partial charge in [-0.25, -0.2) is 4.57 Å². The Morgan fingerprint density at radius 3 is 2.62 bits per heavy atom. The van der Waals surface area contributed by atoms with Gasteiger partial charge in [-0.15, -0.1) is 0 Å². The van der Waals surface area contributed by atoms with Crippen LogP contribution in [0.4, 0.5) is 0 Å². The normalized spacial score (nSPS) is 11.0. The second kappa shape index (κ2) is 7.35. The number of hydrogen-bond donors (Lipinski definition) is 1. The van der Waals surface area contributed by atoms with Crippen molar-refractivity contribution >= 4 is 32.6 Å². The van der Waals surface area contributed by atoms with Crippen LogP contribution >= 0.6 is 0 Å². The number of fused-ring (bicyclic) bond motifs is 4. The Hall–Kier alpha value is -2.57. The number of para-hydroxylation sites is 1. The van der Waals surface area contributed by atoms with Gasteiger partial charge in [0, 0.05) is 35.2 Å². The van der Waals surface area contributed by atoms with Gasteiger partial charge in [0.15, 0.2) is 12.4 Å². The quantitative estimate of drug-likeness (QED) is 0.438. The summed E-state index contributed by atoms with van der Waals surface area (Å²) in [6.07, 6.45) is 7.07. The van der Waals surface area contributed by atoms with Crippen LogP contribution in [0.5, 0.6) is 0 Å². The maximum Gasteiger partial charge on any atom is 0.176 e. The Morgan fingerprint density at radius 1 is 1.00 bits per heavy atom. The zero-order chi connectivity index (χ0) is 17.4. The molecule has 0 bridgehead atoms. The molecule has 4 rings (SSSR count). The first kappa shape index (κ1) is 18.2. The minimum absolute atomic E-state index is 0. The van der Waals surface area contributed by atoms with Gasteiger partial charge in [0.1, 0.15) is 6.54 Å². The summed E-state index contributed by atoms with van der Waals surface area (Å²) in [6, 6.07) is 13.0. The zero-order valence-electron chi connectivity index (χ0n) is 15.1. The highest BCUT2D eigenvalue weighted by atomic mass is 35.5. The van der Waals surface area contributed by atoms with Crippen molar-refractivity contribution in [3.63, 3.8) is 0 Å². The van der Waals surface area contributed by atoms with Crippen LogP contribution in [0.1, 0.15) is 30.4 Å². The third-order valence-electron chi connectivity index (χ3n) is 5.24. The molecule has 0 spiro atoms. The van der Waals surface area contributed by atoms with Crippen molar-refractivity contribution in [1.82, 2.24) is 4.98 Å². The molecule has 0 atom stereocenters. The SMILES string of the molecule is Cc1c2c[n+](CCCCC#N)ccc2c(C)c2c1[nH]c1ccccc12.[Cl-]. The fourth-order valence-electron chi connectivity index (χ4n) is 3.88. The van der Waals surface area contributed by atoms with E-state index in [0.29, 0.717) is 6.42 Å². The minimum atomic E-state index is 0. The number of aryl methyl sites for hydroxylation is 3. The summed E-state index contributed by atoms with van der Waals surface area (Å²) in [7, 11) is 0. The number of nitriles is 1. The van der Waals surface area contributed by atoms with Crippen molar-refractivity contribution in [3.05, 3.63) is 53.9 Å². The van der Waals surface area contributed by atoms with Gasteiger partial charge in [-0.1, -0.05) is 18.2 Å². The lowest BCUT2D eigenvalue weighted by Crippen LogP contribution is -3.00. The molecule has 0 unspecified atom stereocenters. The molecule has 1 N–H and O–H groups in total. The second-order valence-electron chi connectivity index (χ2n) is 6.80. The molecular weight excluding hydrogens is 342 g/mol. The molecule has 0 aliphatic rings. The first-order chi connectivity index (χ1) is 12.2. The standard InChI is InChI=1S/C22H21N3.ClH/c1-15-17-10-13-25(12-7-3-6-11-23)14-19(17)16(2)22-21(15)18-8-4-5-9-20(18)24-22;/h4-5,8-10,13-14H,3,6-7,12H2,1-2H3;1H. The number of aromatic nitrogens is 2. The molecule has 2 heterocycles. The smallest absolute Gasteiger partial charge is 0.176 e. The molecule has 0 aliphatic carbocycles. The average molecular weight is 364 g/mol. The van der Waals surface area contributed by atoms with E-state index in [9.17, 15) is 0 Å². The molecule has 132 valence electrons. The number of H-pyrrole nitrogens is 1. The third-order valence-corrected chi connectivity index (χ3v) is 5.24. The number of nitrogens with one attached hydrogen (secondary N) is 1. The number of rotatable bonds is 4. The maximum atomic E-state index is 8.67. The van der Waals surface area contributed by atoms with Crippen molar-refractivity contribution in [1.29, 1.82) is 5.26 Å². The zero-order valence-corrected chi connectivity index (χ0v) is 15.9. The molecule has 0 fully saturated rings. The van der Waals surface area contributed by atoms with Crippen molar-refractivity contribution in [2.24, 2.45) is 0 Å². The predicted octanol–water partition coefficient (Wildman–Crippen LogP) is 2.08. The van der Waals surface area contributed by atoms with E-state index in [-0.39, 0.29) is 12.4 Å². The van der Waals surface area contributed by atoms with E-state index >= 15 is 0 Å². The first-order valence-electron chi connectivity index (χ1n) is 8.90. The van der Waals surface area contributed by atoms with E-state index in [1.807, 2.05) is 0 Å². The number of pyridine rings is 1. The summed E-state index contributed by atoms with van der Waals surface area (Å²) < 4.78 is 2.25. The van der Waals surface area contributed by atoms with Crippen LogP contribution in [-0.2, 0) is 6.54 Å². The topological polar surface area (TPSA) is 43.5 Å².